The average Bonchev–Trinajstić information content (AvgIpc) is 2.59. The SMILES string of the molecule is CC(C)=CCOc1ccc(B2OC(C)(C)C(C)(C)O2)cc1. The van der Waals surface area contributed by atoms with Crippen molar-refractivity contribution in [3.63, 3.8) is 0 Å². The van der Waals surface area contributed by atoms with Gasteiger partial charge in [-0.1, -0.05) is 17.7 Å². The Kier molecular flexibility index (Phi) is 4.50. The Hall–Kier alpha value is -1.26. The van der Waals surface area contributed by atoms with E-state index in [4.69, 9.17) is 14.0 Å². The van der Waals surface area contributed by atoms with Gasteiger partial charge in [0.15, 0.2) is 0 Å². The third-order valence-electron chi connectivity index (χ3n) is 4.15. The van der Waals surface area contributed by atoms with E-state index >= 15 is 0 Å². The minimum atomic E-state index is -0.318. The van der Waals surface area contributed by atoms with Crippen molar-refractivity contribution in [2.45, 2.75) is 52.7 Å². The van der Waals surface area contributed by atoms with E-state index in [9.17, 15) is 0 Å². The van der Waals surface area contributed by atoms with Crippen molar-refractivity contribution < 1.29 is 14.0 Å². The van der Waals surface area contributed by atoms with Crippen molar-refractivity contribution in [2.24, 2.45) is 0 Å². The van der Waals surface area contributed by atoms with Gasteiger partial charge in [-0.15, -0.1) is 0 Å². The Morgan fingerprint density at radius 3 is 2.05 bits per heavy atom. The van der Waals surface area contributed by atoms with Gasteiger partial charge in [0.25, 0.3) is 0 Å². The van der Waals surface area contributed by atoms with Crippen LogP contribution in [-0.2, 0) is 9.31 Å². The van der Waals surface area contributed by atoms with Gasteiger partial charge in [-0.3, -0.25) is 0 Å². The fourth-order valence-corrected chi connectivity index (χ4v) is 2.00. The molecular weight excluding hydrogens is 263 g/mol. The van der Waals surface area contributed by atoms with E-state index in [0.717, 1.165) is 11.2 Å². The van der Waals surface area contributed by atoms with Crippen LogP contribution in [0.4, 0.5) is 0 Å². The lowest BCUT2D eigenvalue weighted by molar-refractivity contribution is 0.00578. The quantitative estimate of drug-likeness (QED) is 0.628. The van der Waals surface area contributed by atoms with Gasteiger partial charge in [-0.05, 0) is 65.2 Å². The molecule has 0 atom stereocenters. The highest BCUT2D eigenvalue weighted by atomic mass is 16.7. The molecule has 1 aromatic carbocycles. The second kappa shape index (κ2) is 5.86. The molecule has 1 heterocycles. The maximum atomic E-state index is 6.03. The van der Waals surface area contributed by atoms with Crippen LogP contribution >= 0.6 is 0 Å². The molecule has 0 saturated carbocycles. The van der Waals surface area contributed by atoms with Gasteiger partial charge in [-0.25, -0.2) is 0 Å². The lowest BCUT2D eigenvalue weighted by Gasteiger charge is -2.32. The van der Waals surface area contributed by atoms with E-state index in [1.165, 1.54) is 5.57 Å². The van der Waals surface area contributed by atoms with Crippen molar-refractivity contribution in [3.8, 4) is 5.75 Å². The molecule has 0 spiro atoms. The molecule has 1 fully saturated rings. The first-order valence-electron chi connectivity index (χ1n) is 7.43. The molecule has 4 heteroatoms. The van der Waals surface area contributed by atoms with Crippen molar-refractivity contribution in [1.29, 1.82) is 0 Å². The number of ether oxygens (including phenoxy) is 1. The number of hydrogen-bond acceptors (Lipinski definition) is 3. The molecule has 1 aromatic rings. The summed E-state index contributed by atoms with van der Waals surface area (Å²) >= 11 is 0. The molecule has 1 aliphatic rings. The molecule has 0 unspecified atom stereocenters. The summed E-state index contributed by atoms with van der Waals surface area (Å²) in [4.78, 5) is 0. The highest BCUT2D eigenvalue weighted by Crippen LogP contribution is 2.36. The van der Waals surface area contributed by atoms with Gasteiger partial charge < -0.3 is 14.0 Å². The van der Waals surface area contributed by atoms with Gasteiger partial charge in [0, 0.05) is 0 Å². The molecule has 3 nitrogen and oxygen atoms in total. The van der Waals surface area contributed by atoms with Crippen LogP contribution in [0.25, 0.3) is 0 Å². The third-order valence-corrected chi connectivity index (χ3v) is 4.15. The summed E-state index contributed by atoms with van der Waals surface area (Å²) in [5.74, 6) is 0.854. The van der Waals surface area contributed by atoms with E-state index < -0.39 is 0 Å². The van der Waals surface area contributed by atoms with E-state index in [0.29, 0.717) is 6.61 Å². The van der Waals surface area contributed by atoms with Crippen LogP contribution in [-0.4, -0.2) is 24.9 Å². The molecule has 0 bridgehead atoms. The molecule has 21 heavy (non-hydrogen) atoms. The van der Waals surface area contributed by atoms with Crippen molar-refractivity contribution >= 4 is 12.6 Å². The Bertz CT molecular complexity index is 497. The molecule has 1 saturated heterocycles. The maximum Gasteiger partial charge on any atom is 0.494 e. The summed E-state index contributed by atoms with van der Waals surface area (Å²) < 4.78 is 17.7. The maximum absolute atomic E-state index is 6.03. The molecule has 0 radical (unpaired) electrons. The minimum Gasteiger partial charge on any atom is -0.490 e. The van der Waals surface area contributed by atoms with Gasteiger partial charge in [0.2, 0.25) is 0 Å². The Labute approximate surface area is 128 Å². The summed E-state index contributed by atoms with van der Waals surface area (Å²) in [6.45, 7) is 13.0. The number of hydrogen-bond donors (Lipinski definition) is 0. The first-order chi connectivity index (χ1) is 9.71. The highest BCUT2D eigenvalue weighted by molar-refractivity contribution is 6.62. The minimum absolute atomic E-state index is 0.309. The summed E-state index contributed by atoms with van der Waals surface area (Å²) in [6, 6.07) is 7.92. The van der Waals surface area contributed by atoms with Crippen molar-refractivity contribution in [1.82, 2.24) is 0 Å². The van der Waals surface area contributed by atoms with Crippen LogP contribution in [0, 0.1) is 0 Å². The average molecular weight is 288 g/mol. The van der Waals surface area contributed by atoms with Gasteiger partial charge in [-0.2, -0.15) is 0 Å². The molecule has 2 rings (SSSR count). The number of rotatable bonds is 4. The first-order valence-corrected chi connectivity index (χ1v) is 7.43. The normalized spacial score (nSPS) is 19.4. The summed E-state index contributed by atoms with van der Waals surface area (Å²) in [7, 11) is -0.318. The zero-order valence-corrected chi connectivity index (χ0v) is 13.9. The van der Waals surface area contributed by atoms with Crippen LogP contribution in [0.5, 0.6) is 5.75 Å². The van der Waals surface area contributed by atoms with Gasteiger partial charge in [0.1, 0.15) is 12.4 Å². The Morgan fingerprint density at radius 1 is 1.05 bits per heavy atom. The van der Waals surface area contributed by atoms with Crippen LogP contribution in [0.3, 0.4) is 0 Å². The van der Waals surface area contributed by atoms with E-state index in [-0.39, 0.29) is 18.3 Å². The third kappa shape index (κ3) is 3.69. The lowest BCUT2D eigenvalue weighted by Crippen LogP contribution is -2.41. The van der Waals surface area contributed by atoms with E-state index in [1.807, 2.05) is 24.3 Å². The predicted octanol–water partition coefficient (Wildman–Crippen LogP) is 3.33. The molecule has 0 N–H and O–H groups in total. The summed E-state index contributed by atoms with van der Waals surface area (Å²) in [6.07, 6.45) is 2.06. The second-order valence-electron chi connectivity index (χ2n) is 6.75. The summed E-state index contributed by atoms with van der Waals surface area (Å²) in [5.41, 5.74) is 1.65. The smallest absolute Gasteiger partial charge is 0.490 e. The standard InChI is InChI=1S/C17H25BO3/c1-13(2)11-12-19-15-9-7-14(8-10-15)18-20-16(3,4)17(5,6)21-18/h7-11H,12H2,1-6H3. The monoisotopic (exact) mass is 288 g/mol. The topological polar surface area (TPSA) is 27.7 Å². The van der Waals surface area contributed by atoms with Crippen LogP contribution < -0.4 is 10.2 Å². The van der Waals surface area contributed by atoms with Crippen molar-refractivity contribution in [2.75, 3.05) is 6.61 Å². The van der Waals surface area contributed by atoms with Crippen LogP contribution in [0.1, 0.15) is 41.5 Å². The zero-order valence-electron chi connectivity index (χ0n) is 13.9. The molecule has 114 valence electrons. The first kappa shape index (κ1) is 16.1. The van der Waals surface area contributed by atoms with Gasteiger partial charge in [0.05, 0.1) is 11.2 Å². The van der Waals surface area contributed by atoms with E-state index in [2.05, 4.69) is 47.6 Å². The second-order valence-corrected chi connectivity index (χ2v) is 6.75. The molecule has 0 aromatic heterocycles. The predicted molar refractivity (Wildman–Crippen MR) is 87.1 cm³/mol. The Balaban J connectivity index is 2.02. The van der Waals surface area contributed by atoms with Crippen molar-refractivity contribution in [3.05, 3.63) is 35.9 Å². The number of benzene rings is 1. The molecule has 0 amide bonds. The molecule has 1 aliphatic heterocycles. The fourth-order valence-electron chi connectivity index (χ4n) is 2.00. The Morgan fingerprint density at radius 2 is 1.57 bits per heavy atom. The van der Waals surface area contributed by atoms with Crippen LogP contribution in [0.2, 0.25) is 0 Å². The number of allylic oxidation sites excluding steroid dienone is 1. The fraction of sp³-hybridized carbons (Fsp3) is 0.529. The van der Waals surface area contributed by atoms with Crippen LogP contribution in [0.15, 0.2) is 35.9 Å². The highest BCUT2D eigenvalue weighted by Gasteiger charge is 2.51. The zero-order chi connectivity index (χ0) is 15.7. The molecular formula is C17H25BO3. The lowest BCUT2D eigenvalue weighted by atomic mass is 9.79. The summed E-state index contributed by atoms with van der Waals surface area (Å²) in [5, 5.41) is 0. The largest absolute Gasteiger partial charge is 0.494 e. The van der Waals surface area contributed by atoms with E-state index in [1.54, 1.807) is 0 Å². The van der Waals surface area contributed by atoms with Gasteiger partial charge >= 0.3 is 7.12 Å². The molecule has 0 aliphatic carbocycles.